The molecule has 45 heavy (non-hydrogen) atoms. The van der Waals surface area contributed by atoms with Gasteiger partial charge in [-0.25, -0.2) is 0 Å². The zero-order chi connectivity index (χ0) is 34.1. The lowest BCUT2D eigenvalue weighted by molar-refractivity contribution is -0.142. The third-order valence-corrected chi connectivity index (χ3v) is 9.58. The molecule has 0 aromatic rings. The lowest BCUT2D eigenvalue weighted by Gasteiger charge is -2.41. The average Bonchev–Trinajstić information content (AvgIpc) is 3.48. The number of nitrogens with one attached hydrogen (secondary N) is 2. The van der Waals surface area contributed by atoms with E-state index in [-0.39, 0.29) is 47.7 Å². The van der Waals surface area contributed by atoms with E-state index in [4.69, 9.17) is 0 Å². The monoisotopic (exact) mass is 632 g/mol. The number of piperidine rings is 1. The van der Waals surface area contributed by atoms with Crippen LogP contribution in [0.25, 0.3) is 0 Å². The molecule has 0 bridgehead atoms. The van der Waals surface area contributed by atoms with Crippen molar-refractivity contribution in [2.45, 2.75) is 132 Å². The van der Waals surface area contributed by atoms with Crippen LogP contribution in [0.2, 0.25) is 0 Å². The van der Waals surface area contributed by atoms with E-state index in [1.165, 1.54) is 0 Å². The van der Waals surface area contributed by atoms with E-state index in [1.54, 1.807) is 23.8 Å². The van der Waals surface area contributed by atoms with Gasteiger partial charge < -0.3 is 25.3 Å². The quantitative estimate of drug-likeness (QED) is 0.284. The second-order valence-electron chi connectivity index (χ2n) is 14.7. The summed E-state index contributed by atoms with van der Waals surface area (Å²) in [5.74, 6) is -0.528. The molecule has 2 saturated heterocycles. The van der Waals surface area contributed by atoms with Gasteiger partial charge >= 0.3 is 0 Å². The maximum Gasteiger partial charge on any atom is 0.249 e. The fraction of sp³-hybridized carbons (Fsp3) is 0.829. The maximum absolute atomic E-state index is 14.1. The summed E-state index contributed by atoms with van der Waals surface area (Å²) in [4.78, 5) is 62.3. The van der Waals surface area contributed by atoms with Crippen LogP contribution in [0.15, 0.2) is 11.6 Å². The van der Waals surface area contributed by atoms with Crippen molar-refractivity contribution < 1.29 is 19.2 Å². The van der Waals surface area contributed by atoms with Gasteiger partial charge in [-0.2, -0.15) is 0 Å². The Hall–Kier alpha value is -2.46. The number of nitrogens with zero attached hydrogens (tertiary/aromatic N) is 4. The minimum Gasteiger partial charge on any atom is -0.353 e. The molecule has 0 spiro atoms. The molecule has 4 atom stereocenters. The molecule has 258 valence electrons. The number of likely N-dealkylation sites (N-methyl/N-ethyl adjacent to an activating group) is 2. The first-order valence-corrected chi connectivity index (χ1v) is 17.4. The largest absolute Gasteiger partial charge is 0.353 e. The predicted octanol–water partition coefficient (Wildman–Crippen LogP) is 3.66. The van der Waals surface area contributed by atoms with Gasteiger partial charge in [0.05, 0.1) is 12.1 Å². The Morgan fingerprint density at radius 3 is 2.09 bits per heavy atom. The molecule has 0 radical (unpaired) electrons. The molecule has 4 amide bonds. The van der Waals surface area contributed by atoms with Crippen LogP contribution in [0.3, 0.4) is 0 Å². The Labute approximate surface area is 273 Å². The molecule has 2 aliphatic rings. The SMILES string of the molecule is CCN(CC)CCNC(=O)[C@@H]1CCCN1C(=O)/C(C)=C/C(C(C)C)N(C)C(=O)C(NC(=O)C1CCCCN1C(C)C)C(C)(C)C. The van der Waals surface area contributed by atoms with Crippen molar-refractivity contribution >= 4 is 23.6 Å². The van der Waals surface area contributed by atoms with Crippen LogP contribution in [-0.4, -0.2) is 120 Å². The minimum absolute atomic E-state index is 0.0190. The summed E-state index contributed by atoms with van der Waals surface area (Å²) in [6.07, 6.45) is 6.15. The van der Waals surface area contributed by atoms with Crippen LogP contribution < -0.4 is 10.6 Å². The van der Waals surface area contributed by atoms with E-state index in [2.05, 4.69) is 48.1 Å². The van der Waals surface area contributed by atoms with Gasteiger partial charge in [-0.3, -0.25) is 24.1 Å². The lowest BCUT2D eigenvalue weighted by atomic mass is 9.84. The summed E-state index contributed by atoms with van der Waals surface area (Å²) in [5, 5.41) is 6.17. The molecular weight excluding hydrogens is 568 g/mol. The summed E-state index contributed by atoms with van der Waals surface area (Å²) in [5.41, 5.74) is -0.00196. The van der Waals surface area contributed by atoms with Crippen LogP contribution in [0.5, 0.6) is 0 Å². The van der Waals surface area contributed by atoms with Crippen molar-refractivity contribution in [1.82, 2.24) is 30.2 Å². The van der Waals surface area contributed by atoms with Crippen molar-refractivity contribution in [3.05, 3.63) is 11.6 Å². The van der Waals surface area contributed by atoms with E-state index in [0.29, 0.717) is 25.1 Å². The van der Waals surface area contributed by atoms with Crippen molar-refractivity contribution in [2.75, 3.05) is 46.3 Å². The number of carbonyl (C=O) groups is 4. The Bertz CT molecular complexity index is 1030. The summed E-state index contributed by atoms with van der Waals surface area (Å²) in [7, 11) is 1.76. The lowest BCUT2D eigenvalue weighted by Crippen LogP contribution is -2.60. The molecule has 2 fully saturated rings. The standard InChI is InChI=1S/C35H64N6O4/c1-12-39(13-2)22-19-36-31(42)27-18-16-21-41(27)33(44)26(7)23-29(24(3)4)38(11)34(45)30(35(8,9)10)37-32(43)28-17-14-15-20-40(28)25(5)6/h23-25,27-30H,12-22H2,1-11H3,(H,36,42)(H,37,43)/b26-23+/t27-,28?,29?,30?/m0/s1. The second kappa shape index (κ2) is 17.5. The molecule has 0 aromatic heterocycles. The number of likely N-dealkylation sites (tertiary alicyclic amines) is 2. The van der Waals surface area contributed by atoms with E-state index in [9.17, 15) is 19.2 Å². The van der Waals surface area contributed by atoms with Gasteiger partial charge in [-0.05, 0) is 77.4 Å². The molecule has 2 aliphatic heterocycles. The highest BCUT2D eigenvalue weighted by Gasteiger charge is 2.40. The first kappa shape index (κ1) is 38.7. The van der Waals surface area contributed by atoms with Crippen LogP contribution >= 0.6 is 0 Å². The Kier molecular flexibility index (Phi) is 15.0. The van der Waals surface area contributed by atoms with E-state index >= 15 is 0 Å². The maximum atomic E-state index is 14.1. The van der Waals surface area contributed by atoms with Crippen LogP contribution in [0.1, 0.15) is 101 Å². The van der Waals surface area contributed by atoms with Gasteiger partial charge in [0.2, 0.25) is 23.6 Å². The number of hydrogen-bond donors (Lipinski definition) is 2. The highest BCUT2D eigenvalue weighted by Crippen LogP contribution is 2.27. The predicted molar refractivity (Wildman–Crippen MR) is 182 cm³/mol. The molecule has 0 aliphatic carbocycles. The smallest absolute Gasteiger partial charge is 0.249 e. The summed E-state index contributed by atoms with van der Waals surface area (Å²) < 4.78 is 0. The molecule has 2 heterocycles. The first-order valence-electron chi connectivity index (χ1n) is 17.4. The van der Waals surface area contributed by atoms with Gasteiger partial charge in [-0.15, -0.1) is 0 Å². The van der Waals surface area contributed by atoms with Gasteiger partial charge in [0.15, 0.2) is 0 Å². The Morgan fingerprint density at radius 2 is 1.53 bits per heavy atom. The fourth-order valence-electron chi connectivity index (χ4n) is 6.67. The zero-order valence-electron chi connectivity index (χ0n) is 30.2. The van der Waals surface area contributed by atoms with Crippen molar-refractivity contribution in [3.63, 3.8) is 0 Å². The van der Waals surface area contributed by atoms with Crippen LogP contribution in [0.4, 0.5) is 0 Å². The summed E-state index contributed by atoms with van der Waals surface area (Å²) >= 11 is 0. The third kappa shape index (κ3) is 10.5. The summed E-state index contributed by atoms with van der Waals surface area (Å²) in [6, 6.07) is -1.57. The fourth-order valence-corrected chi connectivity index (χ4v) is 6.67. The van der Waals surface area contributed by atoms with E-state index < -0.39 is 17.5 Å². The normalized spacial score (nSPS) is 21.3. The number of amides is 4. The van der Waals surface area contributed by atoms with E-state index in [0.717, 1.165) is 51.9 Å². The topological polar surface area (TPSA) is 105 Å². The minimum atomic E-state index is -0.723. The van der Waals surface area contributed by atoms with Crippen molar-refractivity contribution in [1.29, 1.82) is 0 Å². The van der Waals surface area contributed by atoms with Gasteiger partial charge in [0.25, 0.3) is 0 Å². The first-order chi connectivity index (χ1) is 21.0. The second-order valence-corrected chi connectivity index (χ2v) is 14.7. The molecule has 3 unspecified atom stereocenters. The van der Waals surface area contributed by atoms with Crippen LogP contribution in [0, 0.1) is 11.3 Å². The average molecular weight is 633 g/mol. The van der Waals surface area contributed by atoms with Crippen LogP contribution in [-0.2, 0) is 19.2 Å². The molecule has 10 nitrogen and oxygen atoms in total. The number of rotatable bonds is 14. The molecule has 2 rings (SSSR count). The molecule has 10 heteroatoms. The van der Waals surface area contributed by atoms with Gasteiger partial charge in [0, 0.05) is 38.3 Å². The molecule has 0 aromatic carbocycles. The van der Waals surface area contributed by atoms with Gasteiger partial charge in [0.1, 0.15) is 12.1 Å². The molecule has 2 N–H and O–H groups in total. The van der Waals surface area contributed by atoms with Gasteiger partial charge in [-0.1, -0.05) is 61.0 Å². The van der Waals surface area contributed by atoms with Crippen molar-refractivity contribution in [3.8, 4) is 0 Å². The zero-order valence-corrected chi connectivity index (χ0v) is 30.2. The highest BCUT2D eigenvalue weighted by molar-refractivity contribution is 5.97. The third-order valence-electron chi connectivity index (χ3n) is 9.58. The highest BCUT2D eigenvalue weighted by atomic mass is 16.2. The Balaban J connectivity index is 2.20. The Morgan fingerprint density at radius 1 is 0.911 bits per heavy atom. The van der Waals surface area contributed by atoms with E-state index in [1.807, 2.05) is 40.7 Å². The number of hydrogen-bond acceptors (Lipinski definition) is 6. The number of carbonyl (C=O) groups excluding carboxylic acids is 4. The summed E-state index contributed by atoms with van der Waals surface area (Å²) in [6.45, 7) is 24.8. The molecular formula is C35H64N6O4. The van der Waals surface area contributed by atoms with Crippen molar-refractivity contribution in [2.24, 2.45) is 11.3 Å². The molecule has 0 saturated carbocycles.